The fraction of sp³-hybridized carbons (Fsp3) is 0.158. The molecule has 25 heavy (non-hydrogen) atoms. The van der Waals surface area contributed by atoms with Crippen molar-refractivity contribution >= 4 is 11.6 Å². The second-order valence-corrected chi connectivity index (χ2v) is 5.60. The van der Waals surface area contributed by atoms with Crippen LogP contribution in [0.3, 0.4) is 0 Å². The SMILES string of the molecule is COc1ccc(COc2cc(Cl)nc(OCc3ccccn3)c2)cc1. The molecule has 5 nitrogen and oxygen atoms in total. The molecule has 6 heteroatoms. The Morgan fingerprint density at radius 1 is 0.920 bits per heavy atom. The predicted octanol–water partition coefficient (Wildman–Crippen LogP) is 4.30. The predicted molar refractivity (Wildman–Crippen MR) is 95.1 cm³/mol. The van der Waals surface area contributed by atoms with Crippen LogP contribution in [0.5, 0.6) is 17.4 Å². The molecule has 1 aromatic carbocycles. The van der Waals surface area contributed by atoms with E-state index < -0.39 is 0 Å². The third kappa shape index (κ3) is 5.09. The first-order chi connectivity index (χ1) is 12.2. The van der Waals surface area contributed by atoms with Crippen LogP contribution in [0.2, 0.25) is 5.15 Å². The van der Waals surface area contributed by atoms with Crippen LogP contribution in [0.4, 0.5) is 0 Å². The Labute approximate surface area is 151 Å². The molecule has 2 aromatic heterocycles. The van der Waals surface area contributed by atoms with Gasteiger partial charge in [0, 0.05) is 18.3 Å². The number of nitrogens with zero attached hydrogens (tertiary/aromatic N) is 2. The maximum atomic E-state index is 6.05. The smallest absolute Gasteiger partial charge is 0.218 e. The molecule has 3 aromatic rings. The second-order valence-electron chi connectivity index (χ2n) is 5.21. The number of ether oxygens (including phenoxy) is 3. The number of aromatic nitrogens is 2. The summed E-state index contributed by atoms with van der Waals surface area (Å²) in [5.74, 6) is 1.79. The van der Waals surface area contributed by atoms with Gasteiger partial charge in [0.15, 0.2) is 0 Å². The fourth-order valence-corrected chi connectivity index (χ4v) is 2.32. The molecule has 0 atom stereocenters. The first-order valence-electron chi connectivity index (χ1n) is 7.69. The van der Waals surface area contributed by atoms with Crippen molar-refractivity contribution in [2.45, 2.75) is 13.2 Å². The maximum Gasteiger partial charge on any atom is 0.218 e. The highest BCUT2D eigenvalue weighted by Gasteiger charge is 2.05. The standard InChI is InChI=1S/C19H17ClN2O3/c1-23-16-7-5-14(6-8-16)12-24-17-10-18(20)22-19(11-17)25-13-15-4-2-3-9-21-15/h2-11H,12-13H2,1H3. The maximum absolute atomic E-state index is 6.05. The Kier molecular flexibility index (Phi) is 5.69. The van der Waals surface area contributed by atoms with Gasteiger partial charge in [0.1, 0.15) is 29.9 Å². The van der Waals surface area contributed by atoms with E-state index >= 15 is 0 Å². The summed E-state index contributed by atoms with van der Waals surface area (Å²) in [6.07, 6.45) is 1.72. The van der Waals surface area contributed by atoms with Gasteiger partial charge in [-0.25, -0.2) is 4.98 Å². The van der Waals surface area contributed by atoms with E-state index in [4.69, 9.17) is 25.8 Å². The minimum Gasteiger partial charge on any atom is -0.497 e. The molecule has 0 N–H and O–H groups in total. The zero-order valence-electron chi connectivity index (χ0n) is 13.7. The Morgan fingerprint density at radius 2 is 1.76 bits per heavy atom. The van der Waals surface area contributed by atoms with Crippen molar-refractivity contribution in [2.24, 2.45) is 0 Å². The first-order valence-corrected chi connectivity index (χ1v) is 8.07. The summed E-state index contributed by atoms with van der Waals surface area (Å²) in [5.41, 5.74) is 1.83. The van der Waals surface area contributed by atoms with Crippen LogP contribution in [0, 0.1) is 0 Å². The monoisotopic (exact) mass is 356 g/mol. The van der Waals surface area contributed by atoms with E-state index in [9.17, 15) is 0 Å². The van der Waals surface area contributed by atoms with Crippen LogP contribution in [0.15, 0.2) is 60.8 Å². The van der Waals surface area contributed by atoms with Gasteiger partial charge in [-0.3, -0.25) is 4.98 Å². The molecule has 2 heterocycles. The minimum atomic E-state index is 0.309. The average molecular weight is 357 g/mol. The van der Waals surface area contributed by atoms with Crippen LogP contribution < -0.4 is 14.2 Å². The van der Waals surface area contributed by atoms with Gasteiger partial charge in [-0.2, -0.15) is 0 Å². The van der Waals surface area contributed by atoms with Crippen LogP contribution in [-0.2, 0) is 13.2 Å². The highest BCUT2D eigenvalue weighted by Crippen LogP contribution is 2.24. The summed E-state index contributed by atoms with van der Waals surface area (Å²) in [6, 6.07) is 16.7. The summed E-state index contributed by atoms with van der Waals surface area (Å²) in [5, 5.41) is 0.309. The lowest BCUT2D eigenvalue weighted by Crippen LogP contribution is -2.01. The van der Waals surface area contributed by atoms with E-state index in [0.717, 1.165) is 17.0 Å². The second kappa shape index (κ2) is 8.35. The highest BCUT2D eigenvalue weighted by atomic mass is 35.5. The lowest BCUT2D eigenvalue weighted by atomic mass is 10.2. The van der Waals surface area contributed by atoms with Gasteiger partial charge in [-0.05, 0) is 29.8 Å². The molecule has 0 aliphatic heterocycles. The number of methoxy groups -OCH3 is 1. The molecular weight excluding hydrogens is 340 g/mol. The summed E-state index contributed by atoms with van der Waals surface area (Å²) in [4.78, 5) is 8.35. The molecule has 0 bridgehead atoms. The number of halogens is 1. The van der Waals surface area contributed by atoms with Gasteiger partial charge in [0.2, 0.25) is 5.88 Å². The molecule has 0 aliphatic rings. The Hall–Kier alpha value is -2.79. The Morgan fingerprint density at radius 3 is 2.48 bits per heavy atom. The third-order valence-electron chi connectivity index (χ3n) is 3.40. The lowest BCUT2D eigenvalue weighted by molar-refractivity contribution is 0.278. The Balaban J connectivity index is 1.62. The quantitative estimate of drug-likeness (QED) is 0.591. The molecule has 0 fully saturated rings. The number of hydrogen-bond donors (Lipinski definition) is 0. The van der Waals surface area contributed by atoms with E-state index in [1.54, 1.807) is 25.4 Å². The topological polar surface area (TPSA) is 53.5 Å². The molecule has 3 rings (SSSR count). The number of pyridine rings is 2. The van der Waals surface area contributed by atoms with E-state index in [-0.39, 0.29) is 0 Å². The van der Waals surface area contributed by atoms with Gasteiger partial charge < -0.3 is 14.2 Å². The van der Waals surface area contributed by atoms with Gasteiger partial charge in [-0.1, -0.05) is 29.8 Å². The summed E-state index contributed by atoms with van der Waals surface area (Å²) in [6.45, 7) is 0.718. The Bertz CT molecular complexity index is 811. The van der Waals surface area contributed by atoms with E-state index in [2.05, 4.69) is 9.97 Å². The van der Waals surface area contributed by atoms with Crippen molar-refractivity contribution in [2.75, 3.05) is 7.11 Å². The van der Waals surface area contributed by atoms with Crippen molar-refractivity contribution in [3.05, 3.63) is 77.2 Å². The number of rotatable bonds is 7. The molecule has 0 saturated heterocycles. The van der Waals surface area contributed by atoms with Crippen LogP contribution >= 0.6 is 11.6 Å². The van der Waals surface area contributed by atoms with Crippen molar-refractivity contribution in [3.8, 4) is 17.4 Å². The average Bonchev–Trinajstić information content (AvgIpc) is 2.66. The van der Waals surface area contributed by atoms with Crippen molar-refractivity contribution in [1.29, 1.82) is 0 Å². The molecular formula is C19H17ClN2O3. The molecule has 0 aliphatic carbocycles. The van der Waals surface area contributed by atoms with Crippen molar-refractivity contribution < 1.29 is 14.2 Å². The largest absolute Gasteiger partial charge is 0.497 e. The molecule has 0 saturated carbocycles. The van der Waals surface area contributed by atoms with Crippen molar-refractivity contribution in [1.82, 2.24) is 9.97 Å². The molecule has 0 radical (unpaired) electrons. The molecule has 0 unspecified atom stereocenters. The van der Waals surface area contributed by atoms with Gasteiger partial charge in [0.05, 0.1) is 12.8 Å². The van der Waals surface area contributed by atoms with Gasteiger partial charge >= 0.3 is 0 Å². The summed E-state index contributed by atoms with van der Waals surface area (Å²) in [7, 11) is 1.64. The molecule has 0 amide bonds. The zero-order valence-corrected chi connectivity index (χ0v) is 14.4. The van der Waals surface area contributed by atoms with Crippen LogP contribution in [0.25, 0.3) is 0 Å². The van der Waals surface area contributed by atoms with Crippen molar-refractivity contribution in [3.63, 3.8) is 0 Å². The van der Waals surface area contributed by atoms with Crippen LogP contribution in [0.1, 0.15) is 11.3 Å². The van der Waals surface area contributed by atoms with Gasteiger partial charge in [-0.15, -0.1) is 0 Å². The summed E-state index contributed by atoms with van der Waals surface area (Å²) < 4.78 is 16.6. The van der Waals surface area contributed by atoms with Gasteiger partial charge in [0.25, 0.3) is 0 Å². The first kappa shape index (κ1) is 17.0. The summed E-state index contributed by atoms with van der Waals surface area (Å²) >= 11 is 6.05. The van der Waals surface area contributed by atoms with E-state index in [1.807, 2.05) is 42.5 Å². The number of benzene rings is 1. The highest BCUT2D eigenvalue weighted by molar-refractivity contribution is 6.29. The molecule has 128 valence electrons. The number of hydrogen-bond acceptors (Lipinski definition) is 5. The third-order valence-corrected chi connectivity index (χ3v) is 3.60. The molecule has 0 spiro atoms. The van der Waals surface area contributed by atoms with E-state index in [0.29, 0.717) is 30.0 Å². The fourth-order valence-electron chi connectivity index (χ4n) is 2.13. The normalized spacial score (nSPS) is 10.3. The lowest BCUT2D eigenvalue weighted by Gasteiger charge is -2.10. The minimum absolute atomic E-state index is 0.309. The van der Waals surface area contributed by atoms with Crippen LogP contribution in [-0.4, -0.2) is 17.1 Å². The van der Waals surface area contributed by atoms with E-state index in [1.165, 1.54) is 0 Å². The zero-order chi connectivity index (χ0) is 17.5.